The zero-order valence-electron chi connectivity index (χ0n) is 26.4. The third kappa shape index (κ3) is 4.67. The molecule has 0 aromatic rings. The molecule has 2 nitrogen and oxygen atoms in total. The highest BCUT2D eigenvalue weighted by Crippen LogP contribution is 2.67. The fourth-order valence-corrected chi connectivity index (χ4v) is 13.1. The maximum Gasteiger partial charge on any atom is 0.312 e. The number of carbonyl (C=O) groups is 1. The summed E-state index contributed by atoms with van der Waals surface area (Å²) in [6.45, 7) is 7.66. The lowest BCUT2D eigenvalue weighted by atomic mass is 9.47. The van der Waals surface area contributed by atoms with Gasteiger partial charge in [-0.05, 0) is 142 Å². The fourth-order valence-electron chi connectivity index (χ4n) is 13.1. The van der Waals surface area contributed by atoms with Gasteiger partial charge in [0, 0.05) is 6.42 Å². The highest BCUT2D eigenvalue weighted by atomic mass is 16.5. The van der Waals surface area contributed by atoms with E-state index in [1.165, 1.54) is 103 Å². The zero-order chi connectivity index (χ0) is 27.5. The lowest BCUT2D eigenvalue weighted by Gasteiger charge is -2.58. The predicted molar refractivity (Wildman–Crippen MR) is 164 cm³/mol. The van der Waals surface area contributed by atoms with Crippen molar-refractivity contribution >= 4 is 5.97 Å². The van der Waals surface area contributed by atoms with E-state index in [2.05, 4.69) is 26.8 Å². The maximum absolute atomic E-state index is 13.7. The van der Waals surface area contributed by atoms with Gasteiger partial charge in [0.2, 0.25) is 0 Å². The van der Waals surface area contributed by atoms with Gasteiger partial charge in [-0.3, -0.25) is 4.79 Å². The molecule has 0 N–H and O–H groups in total. The molecule has 0 spiro atoms. The monoisotopic (exact) mass is 548 g/mol. The maximum atomic E-state index is 13.7. The van der Waals surface area contributed by atoms with E-state index < -0.39 is 0 Å². The van der Waals surface area contributed by atoms with Gasteiger partial charge in [-0.25, -0.2) is 0 Å². The molecule has 0 amide bonds. The van der Waals surface area contributed by atoms with E-state index in [0.29, 0.717) is 10.8 Å². The quantitative estimate of drug-likeness (QED) is 0.163. The smallest absolute Gasteiger partial charge is 0.312 e. The fraction of sp³-hybridized carbons (Fsp3) is 0.921. The highest BCUT2D eigenvalue weighted by Gasteiger charge is 2.59. The van der Waals surface area contributed by atoms with Crippen molar-refractivity contribution in [3.05, 3.63) is 11.6 Å². The van der Waals surface area contributed by atoms with Crippen molar-refractivity contribution in [3.63, 3.8) is 0 Å². The summed E-state index contributed by atoms with van der Waals surface area (Å²) in [6, 6.07) is 0. The van der Waals surface area contributed by atoms with Crippen LogP contribution in [-0.2, 0) is 9.53 Å². The van der Waals surface area contributed by atoms with E-state index in [1.807, 2.05) is 0 Å². The Morgan fingerprint density at radius 2 is 1.55 bits per heavy atom. The molecule has 7 atom stereocenters. The standard InChI is InChI=1S/C38H60O2/c1-4-5-6-7-8-9-10-29-12-14-33-32-13-11-30-22-31(15-17-37(30,3)34(32)16-18-36(29,33)2)40-35(39)38-23-26-19-27(24-38)21-28(20-26)25-38/h11,26-29,31-34H,4-10,12-25H2,1-3H3/t26?,27?,28?,29-,31-,32+,33+,34-,36+,37-,38?/m0/s1. The molecule has 0 aromatic heterocycles. The molecule has 4 bridgehead atoms. The van der Waals surface area contributed by atoms with Crippen LogP contribution in [0.15, 0.2) is 11.6 Å². The lowest BCUT2D eigenvalue weighted by Crippen LogP contribution is -2.52. The molecule has 40 heavy (non-hydrogen) atoms. The van der Waals surface area contributed by atoms with Crippen molar-refractivity contribution in [2.45, 2.75) is 162 Å². The molecule has 0 aliphatic heterocycles. The molecule has 0 unspecified atom stereocenters. The molecule has 224 valence electrons. The SMILES string of the molecule is CCCCCCCC[C@H]1CC[C@@H]2[C@H]3CC=C4C[C@@H](OC(=O)C56CC7CC(CC(C7)C5)C6)CC[C@]4(C)[C@H]3CC[C@]12C. The van der Waals surface area contributed by atoms with Crippen LogP contribution in [0.25, 0.3) is 0 Å². The Hall–Kier alpha value is -0.790. The molecule has 2 heteroatoms. The number of ether oxygens (including phenoxy) is 1. The van der Waals surface area contributed by atoms with Crippen LogP contribution in [0.1, 0.15) is 156 Å². The third-order valence-electron chi connectivity index (χ3n) is 14.9. The van der Waals surface area contributed by atoms with Gasteiger partial charge in [-0.15, -0.1) is 0 Å². The van der Waals surface area contributed by atoms with Crippen molar-refractivity contribution < 1.29 is 9.53 Å². The molecule has 0 heterocycles. The van der Waals surface area contributed by atoms with Crippen LogP contribution in [0.5, 0.6) is 0 Å². The first-order valence-electron chi connectivity index (χ1n) is 18.2. The molecule has 0 saturated heterocycles. The van der Waals surface area contributed by atoms with Crippen LogP contribution in [0.4, 0.5) is 0 Å². The van der Waals surface area contributed by atoms with Gasteiger partial charge in [0.05, 0.1) is 5.41 Å². The summed E-state index contributed by atoms with van der Waals surface area (Å²) in [5.41, 5.74) is 2.51. The average Bonchev–Trinajstić information content (AvgIpc) is 3.26. The Bertz CT molecular complexity index is 943. The molecule has 8 aliphatic rings. The summed E-state index contributed by atoms with van der Waals surface area (Å²) >= 11 is 0. The second-order valence-electron chi connectivity index (χ2n) is 17.1. The third-order valence-corrected chi connectivity index (χ3v) is 14.9. The van der Waals surface area contributed by atoms with Crippen LogP contribution < -0.4 is 0 Å². The van der Waals surface area contributed by atoms with E-state index in [-0.39, 0.29) is 17.5 Å². The zero-order valence-corrected chi connectivity index (χ0v) is 26.4. The highest BCUT2D eigenvalue weighted by molar-refractivity contribution is 5.77. The minimum absolute atomic E-state index is 0.107. The number of allylic oxidation sites excluding steroid dienone is 1. The van der Waals surface area contributed by atoms with Crippen LogP contribution in [0.2, 0.25) is 0 Å². The molecule has 7 saturated carbocycles. The Balaban J connectivity index is 0.976. The number of hydrogen-bond acceptors (Lipinski definition) is 2. The summed E-state index contributed by atoms with van der Waals surface area (Å²) in [7, 11) is 0. The summed E-state index contributed by atoms with van der Waals surface area (Å²) in [6.07, 6.45) is 31.0. The number of unbranched alkanes of at least 4 members (excludes halogenated alkanes) is 5. The normalized spacial score (nSPS) is 48.7. The number of fused-ring (bicyclic) bond motifs is 5. The summed E-state index contributed by atoms with van der Waals surface area (Å²) in [5, 5.41) is 0. The number of carbonyl (C=O) groups excluding carboxylic acids is 1. The van der Waals surface area contributed by atoms with Crippen molar-refractivity contribution in [3.8, 4) is 0 Å². The van der Waals surface area contributed by atoms with Gasteiger partial charge in [0.1, 0.15) is 6.10 Å². The largest absolute Gasteiger partial charge is 0.462 e. The number of rotatable bonds is 9. The Labute approximate surface area is 246 Å². The van der Waals surface area contributed by atoms with Gasteiger partial charge in [-0.1, -0.05) is 70.9 Å². The van der Waals surface area contributed by atoms with E-state index in [1.54, 1.807) is 5.57 Å². The van der Waals surface area contributed by atoms with Crippen molar-refractivity contribution in [1.29, 1.82) is 0 Å². The number of esters is 1. The first kappa shape index (κ1) is 28.0. The average molecular weight is 549 g/mol. The second-order valence-corrected chi connectivity index (χ2v) is 17.1. The molecule has 7 fully saturated rings. The summed E-state index contributed by atoms with van der Waals surface area (Å²) in [4.78, 5) is 13.7. The van der Waals surface area contributed by atoms with E-state index in [0.717, 1.165) is 73.5 Å². The number of hydrogen-bond donors (Lipinski definition) is 0. The van der Waals surface area contributed by atoms with Gasteiger partial charge in [-0.2, -0.15) is 0 Å². The van der Waals surface area contributed by atoms with Crippen LogP contribution in [-0.4, -0.2) is 12.1 Å². The topological polar surface area (TPSA) is 26.3 Å². The Morgan fingerprint density at radius 1 is 0.850 bits per heavy atom. The molecule has 0 aromatic carbocycles. The van der Waals surface area contributed by atoms with E-state index >= 15 is 0 Å². The minimum atomic E-state index is -0.107. The first-order valence-corrected chi connectivity index (χ1v) is 18.2. The molecular formula is C38H60O2. The van der Waals surface area contributed by atoms with Gasteiger partial charge < -0.3 is 4.74 Å². The van der Waals surface area contributed by atoms with Crippen molar-refractivity contribution in [2.75, 3.05) is 0 Å². The van der Waals surface area contributed by atoms with Gasteiger partial charge in [0.25, 0.3) is 0 Å². The molecule has 0 radical (unpaired) electrons. The lowest BCUT2D eigenvalue weighted by molar-refractivity contribution is -0.179. The molecule has 8 rings (SSSR count). The molecular weight excluding hydrogens is 488 g/mol. The molecule has 8 aliphatic carbocycles. The first-order chi connectivity index (χ1) is 19.3. The van der Waals surface area contributed by atoms with E-state index in [9.17, 15) is 4.79 Å². The van der Waals surface area contributed by atoms with Crippen LogP contribution in [0.3, 0.4) is 0 Å². The summed E-state index contributed by atoms with van der Waals surface area (Å²) < 4.78 is 6.49. The summed E-state index contributed by atoms with van der Waals surface area (Å²) in [5.74, 6) is 6.31. The van der Waals surface area contributed by atoms with E-state index in [4.69, 9.17) is 4.74 Å². The van der Waals surface area contributed by atoms with Gasteiger partial charge in [0.15, 0.2) is 0 Å². The second kappa shape index (κ2) is 10.7. The minimum Gasteiger partial charge on any atom is -0.462 e. The van der Waals surface area contributed by atoms with Crippen LogP contribution >= 0.6 is 0 Å². The van der Waals surface area contributed by atoms with Crippen molar-refractivity contribution in [1.82, 2.24) is 0 Å². The predicted octanol–water partition coefficient (Wildman–Crippen LogP) is 10.4. The van der Waals surface area contributed by atoms with Crippen LogP contribution in [0, 0.1) is 57.7 Å². The van der Waals surface area contributed by atoms with Gasteiger partial charge >= 0.3 is 5.97 Å². The van der Waals surface area contributed by atoms with Crippen molar-refractivity contribution in [2.24, 2.45) is 57.7 Å². The Morgan fingerprint density at radius 3 is 2.27 bits per heavy atom. The Kier molecular flexibility index (Phi) is 7.51.